The van der Waals surface area contributed by atoms with Crippen molar-refractivity contribution in [3.63, 3.8) is 0 Å². The van der Waals surface area contributed by atoms with Crippen LogP contribution >= 0.6 is 0 Å². The lowest BCUT2D eigenvalue weighted by molar-refractivity contribution is -0.166. The average Bonchev–Trinajstić information content (AvgIpc) is 2.98. The van der Waals surface area contributed by atoms with Gasteiger partial charge in [-0.1, -0.05) is 13.8 Å². The molecule has 1 aliphatic heterocycles. The number of carbonyl (C=O) groups is 1. The number of ether oxygens (including phenoxy) is 1. The molecular weight excluding hydrogens is 338 g/mol. The Balaban J connectivity index is 1.43. The van der Waals surface area contributed by atoms with Gasteiger partial charge in [0.25, 0.3) is 0 Å². The molecule has 5 fully saturated rings. The molecule has 4 saturated carbocycles. The average molecular weight is 376 g/mol. The van der Waals surface area contributed by atoms with E-state index in [0.717, 1.165) is 70.2 Å². The third kappa shape index (κ3) is 2.62. The van der Waals surface area contributed by atoms with Gasteiger partial charge in [0.05, 0.1) is 19.3 Å². The van der Waals surface area contributed by atoms with Crippen molar-refractivity contribution in [1.82, 2.24) is 4.90 Å². The maximum absolute atomic E-state index is 12.6. The van der Waals surface area contributed by atoms with Crippen LogP contribution in [0, 0.1) is 34.5 Å². The highest BCUT2D eigenvalue weighted by Gasteiger charge is 2.62. The number of morpholine rings is 1. The van der Waals surface area contributed by atoms with Crippen molar-refractivity contribution in [2.24, 2.45) is 34.5 Å². The molecule has 5 rings (SSSR count). The van der Waals surface area contributed by atoms with Gasteiger partial charge in [0.1, 0.15) is 5.78 Å². The molecule has 0 radical (unpaired) electrons. The Kier molecular flexibility index (Phi) is 4.49. The van der Waals surface area contributed by atoms with Gasteiger partial charge in [-0.15, -0.1) is 0 Å². The van der Waals surface area contributed by atoms with Gasteiger partial charge < -0.3 is 9.84 Å². The van der Waals surface area contributed by atoms with Crippen LogP contribution in [0.2, 0.25) is 0 Å². The first-order valence-electron chi connectivity index (χ1n) is 11.5. The lowest BCUT2D eigenvalue weighted by Crippen LogP contribution is -2.63. The number of aliphatic hydroxyl groups excluding tert-OH is 1. The minimum Gasteiger partial charge on any atom is -0.391 e. The van der Waals surface area contributed by atoms with Crippen molar-refractivity contribution in [2.75, 3.05) is 26.3 Å². The minimum absolute atomic E-state index is 0.0256. The van der Waals surface area contributed by atoms with E-state index >= 15 is 0 Å². The number of Topliss-reactive ketones (excluding diaryl/α,β-unsaturated/α-hetero) is 1. The summed E-state index contributed by atoms with van der Waals surface area (Å²) in [6.45, 7) is 8.38. The Morgan fingerprint density at radius 1 is 0.963 bits per heavy atom. The number of aliphatic hydroxyl groups is 1. The predicted molar refractivity (Wildman–Crippen MR) is 104 cm³/mol. The van der Waals surface area contributed by atoms with Crippen LogP contribution in [0.3, 0.4) is 0 Å². The van der Waals surface area contributed by atoms with E-state index in [4.69, 9.17) is 4.74 Å². The van der Waals surface area contributed by atoms with Gasteiger partial charge in [-0.05, 0) is 74.0 Å². The normalized spacial score (nSPS) is 53.5. The second-order valence-electron chi connectivity index (χ2n) is 10.7. The van der Waals surface area contributed by atoms with Crippen molar-refractivity contribution in [3.8, 4) is 0 Å². The lowest BCUT2D eigenvalue weighted by Gasteiger charge is -2.63. The monoisotopic (exact) mass is 375 g/mol. The van der Waals surface area contributed by atoms with Crippen LogP contribution < -0.4 is 0 Å². The zero-order valence-corrected chi connectivity index (χ0v) is 17.2. The smallest absolute Gasteiger partial charge is 0.139 e. The van der Waals surface area contributed by atoms with Gasteiger partial charge in [-0.2, -0.15) is 0 Å². The molecule has 4 nitrogen and oxygen atoms in total. The summed E-state index contributed by atoms with van der Waals surface area (Å²) >= 11 is 0. The van der Waals surface area contributed by atoms with E-state index in [9.17, 15) is 9.90 Å². The molecule has 8 atom stereocenters. The van der Waals surface area contributed by atoms with E-state index < -0.39 is 0 Å². The van der Waals surface area contributed by atoms with Gasteiger partial charge >= 0.3 is 0 Å². The molecule has 4 aliphatic carbocycles. The molecule has 0 aromatic rings. The van der Waals surface area contributed by atoms with E-state index in [-0.39, 0.29) is 11.5 Å². The summed E-state index contributed by atoms with van der Waals surface area (Å²) in [6.07, 6.45) is 8.71. The summed E-state index contributed by atoms with van der Waals surface area (Å²) in [5.41, 5.74) is 0.306. The van der Waals surface area contributed by atoms with Crippen molar-refractivity contribution in [1.29, 1.82) is 0 Å². The molecule has 0 aromatic carbocycles. The molecule has 0 bridgehead atoms. The molecule has 1 saturated heterocycles. The van der Waals surface area contributed by atoms with Crippen LogP contribution in [0.1, 0.15) is 65.2 Å². The fourth-order valence-corrected chi connectivity index (χ4v) is 8.46. The summed E-state index contributed by atoms with van der Waals surface area (Å²) in [5.74, 6) is 3.24. The van der Waals surface area contributed by atoms with Crippen LogP contribution in [0.15, 0.2) is 0 Å². The summed E-state index contributed by atoms with van der Waals surface area (Å²) in [4.78, 5) is 15.2. The molecule has 1 N–H and O–H groups in total. The van der Waals surface area contributed by atoms with Crippen LogP contribution in [-0.2, 0) is 9.53 Å². The Morgan fingerprint density at radius 2 is 1.74 bits per heavy atom. The predicted octanol–water partition coefficient (Wildman–Crippen LogP) is 3.27. The van der Waals surface area contributed by atoms with Crippen LogP contribution in [0.5, 0.6) is 0 Å². The van der Waals surface area contributed by atoms with E-state index in [2.05, 4.69) is 18.7 Å². The Morgan fingerprint density at radius 3 is 2.52 bits per heavy atom. The van der Waals surface area contributed by atoms with Crippen molar-refractivity contribution < 1.29 is 14.6 Å². The fourth-order valence-electron chi connectivity index (χ4n) is 8.46. The molecule has 0 spiro atoms. The highest BCUT2D eigenvalue weighted by atomic mass is 16.5. The highest BCUT2D eigenvalue weighted by molar-refractivity contribution is 5.87. The van der Waals surface area contributed by atoms with E-state index in [1.54, 1.807) is 0 Å². The first-order chi connectivity index (χ1) is 12.9. The maximum Gasteiger partial charge on any atom is 0.139 e. The van der Waals surface area contributed by atoms with E-state index in [0.29, 0.717) is 29.1 Å². The lowest BCUT2D eigenvalue weighted by atomic mass is 9.44. The quantitative estimate of drug-likeness (QED) is 0.764. The van der Waals surface area contributed by atoms with Crippen LogP contribution in [0.25, 0.3) is 0 Å². The molecule has 4 heteroatoms. The zero-order valence-electron chi connectivity index (χ0n) is 17.2. The maximum atomic E-state index is 12.6. The van der Waals surface area contributed by atoms with Gasteiger partial charge in [0, 0.05) is 31.0 Å². The SMILES string of the molecule is C[C@]12CC[C@@H](O)[C@H](N3CCOCC3)[C@@H]1CC[C@@H]1[C@@H]2CC[C@]2(C)C(=O)CC[C@@H]12. The standard InChI is InChI=1S/C23H37NO3/c1-22-10-8-19(25)21(24-11-13-27-14-12-24)18(22)4-3-15-16-5-6-20(26)23(16,2)9-7-17(15)22/h15-19,21,25H,3-14H2,1-2H3/t15-,16-,17-,18-,19+,21+,22+,23-/m0/s1. The Bertz CT molecular complexity index is 602. The number of nitrogens with zero attached hydrogens (tertiary/aromatic N) is 1. The number of fused-ring (bicyclic) bond motifs is 5. The minimum atomic E-state index is -0.181. The largest absolute Gasteiger partial charge is 0.391 e. The number of ketones is 1. The summed E-state index contributed by atoms with van der Waals surface area (Å²) in [6, 6.07) is 0.312. The molecule has 1 heterocycles. The molecular formula is C23H37NO3. The topological polar surface area (TPSA) is 49.8 Å². The molecule has 152 valence electrons. The third-order valence-electron chi connectivity index (χ3n) is 9.90. The van der Waals surface area contributed by atoms with Crippen LogP contribution in [0.4, 0.5) is 0 Å². The first kappa shape index (κ1) is 18.6. The number of carbonyl (C=O) groups excluding carboxylic acids is 1. The van der Waals surface area contributed by atoms with Gasteiger partial charge in [0.15, 0.2) is 0 Å². The Hall–Kier alpha value is -0.450. The molecule has 5 aliphatic rings. The van der Waals surface area contributed by atoms with Crippen molar-refractivity contribution in [2.45, 2.75) is 77.4 Å². The summed E-state index contributed by atoms with van der Waals surface area (Å²) < 4.78 is 5.59. The fraction of sp³-hybridized carbons (Fsp3) is 0.957. The summed E-state index contributed by atoms with van der Waals surface area (Å²) in [5, 5.41) is 11.0. The second-order valence-corrected chi connectivity index (χ2v) is 10.7. The molecule has 0 amide bonds. The van der Waals surface area contributed by atoms with Gasteiger partial charge in [-0.3, -0.25) is 9.69 Å². The Labute approximate surface area is 164 Å². The number of hydrogen-bond acceptors (Lipinski definition) is 4. The number of rotatable bonds is 1. The van der Waals surface area contributed by atoms with E-state index in [1.165, 1.54) is 19.3 Å². The molecule has 0 unspecified atom stereocenters. The van der Waals surface area contributed by atoms with Crippen molar-refractivity contribution >= 4 is 5.78 Å². The van der Waals surface area contributed by atoms with Crippen LogP contribution in [-0.4, -0.2) is 54.2 Å². The third-order valence-corrected chi connectivity index (χ3v) is 9.90. The molecule has 27 heavy (non-hydrogen) atoms. The van der Waals surface area contributed by atoms with Gasteiger partial charge in [-0.25, -0.2) is 0 Å². The summed E-state index contributed by atoms with van der Waals surface area (Å²) in [7, 11) is 0. The van der Waals surface area contributed by atoms with Crippen molar-refractivity contribution in [3.05, 3.63) is 0 Å². The zero-order chi connectivity index (χ0) is 18.8. The van der Waals surface area contributed by atoms with Gasteiger partial charge in [0.2, 0.25) is 0 Å². The second kappa shape index (κ2) is 6.53. The molecule has 0 aromatic heterocycles. The van der Waals surface area contributed by atoms with E-state index in [1.807, 2.05) is 0 Å². The number of hydrogen-bond donors (Lipinski definition) is 1. The first-order valence-corrected chi connectivity index (χ1v) is 11.5. The highest BCUT2D eigenvalue weighted by Crippen LogP contribution is 2.65.